The van der Waals surface area contributed by atoms with E-state index in [2.05, 4.69) is 10.6 Å². The summed E-state index contributed by atoms with van der Waals surface area (Å²) in [7, 11) is 0. The van der Waals surface area contributed by atoms with Crippen molar-refractivity contribution in [1.29, 1.82) is 0 Å². The van der Waals surface area contributed by atoms with Gasteiger partial charge in [-0.1, -0.05) is 44.2 Å². The maximum Gasteiger partial charge on any atom is 0.261 e. The Morgan fingerprint density at radius 1 is 1.04 bits per heavy atom. The molecule has 25 heavy (non-hydrogen) atoms. The van der Waals surface area contributed by atoms with Crippen molar-refractivity contribution in [1.82, 2.24) is 5.32 Å². The Morgan fingerprint density at radius 2 is 1.76 bits per heavy atom. The summed E-state index contributed by atoms with van der Waals surface area (Å²) in [5.41, 5.74) is 1.75. The van der Waals surface area contributed by atoms with Crippen molar-refractivity contribution >= 4 is 38.9 Å². The van der Waals surface area contributed by atoms with Crippen molar-refractivity contribution in [3.8, 4) is 0 Å². The predicted molar refractivity (Wildman–Crippen MR) is 103 cm³/mol. The average molecular weight is 352 g/mol. The van der Waals surface area contributed by atoms with Crippen LogP contribution in [0.25, 0.3) is 10.1 Å². The minimum atomic E-state index is -0.0709. The summed E-state index contributed by atoms with van der Waals surface area (Å²) in [6.45, 7) is 4.16. The molecule has 4 nitrogen and oxygen atoms in total. The fourth-order valence-electron chi connectivity index (χ4n) is 2.36. The van der Waals surface area contributed by atoms with Crippen molar-refractivity contribution in [3.63, 3.8) is 0 Å². The summed E-state index contributed by atoms with van der Waals surface area (Å²) in [6, 6.07) is 17.4. The molecule has 0 radical (unpaired) electrons. The maximum atomic E-state index is 12.3. The van der Waals surface area contributed by atoms with Crippen LogP contribution in [0.4, 0.5) is 5.69 Å². The molecule has 0 bridgehead atoms. The molecule has 0 spiro atoms. The number of carbonyl (C=O) groups is 2. The molecule has 0 atom stereocenters. The van der Waals surface area contributed by atoms with Crippen LogP contribution in [-0.2, 0) is 11.3 Å². The molecule has 0 saturated heterocycles. The first-order valence-corrected chi connectivity index (χ1v) is 9.01. The Morgan fingerprint density at radius 3 is 2.44 bits per heavy atom. The van der Waals surface area contributed by atoms with E-state index in [9.17, 15) is 9.59 Å². The second-order valence-electron chi connectivity index (χ2n) is 6.17. The molecule has 3 rings (SSSR count). The highest BCUT2D eigenvalue weighted by molar-refractivity contribution is 7.20. The van der Waals surface area contributed by atoms with E-state index >= 15 is 0 Å². The Labute approximate surface area is 150 Å². The molecule has 0 saturated carbocycles. The van der Waals surface area contributed by atoms with E-state index in [0.29, 0.717) is 11.4 Å². The normalized spacial score (nSPS) is 10.8. The standard InChI is InChI=1S/C20H20N2O2S/c1-13(2)19(23)22-16-9-7-14(8-10-16)12-21-20(24)18-11-15-5-3-4-6-17(15)25-18/h3-11,13H,12H2,1-2H3,(H,21,24)(H,22,23). The second-order valence-corrected chi connectivity index (χ2v) is 7.26. The van der Waals surface area contributed by atoms with Gasteiger partial charge in [0.2, 0.25) is 5.91 Å². The Balaban J connectivity index is 1.59. The van der Waals surface area contributed by atoms with Gasteiger partial charge in [-0.05, 0) is 35.2 Å². The highest BCUT2D eigenvalue weighted by Gasteiger charge is 2.10. The van der Waals surface area contributed by atoms with Crippen LogP contribution in [0, 0.1) is 5.92 Å². The minimum Gasteiger partial charge on any atom is -0.347 e. The third-order valence-corrected chi connectivity index (χ3v) is 4.96. The van der Waals surface area contributed by atoms with E-state index in [4.69, 9.17) is 0 Å². The van der Waals surface area contributed by atoms with E-state index in [-0.39, 0.29) is 17.7 Å². The lowest BCUT2D eigenvalue weighted by molar-refractivity contribution is -0.118. The van der Waals surface area contributed by atoms with Gasteiger partial charge in [-0.15, -0.1) is 11.3 Å². The van der Waals surface area contributed by atoms with E-state index in [1.54, 1.807) is 0 Å². The summed E-state index contributed by atoms with van der Waals surface area (Å²) in [4.78, 5) is 24.7. The minimum absolute atomic E-state index is 0.00851. The maximum absolute atomic E-state index is 12.3. The highest BCUT2D eigenvalue weighted by atomic mass is 32.1. The second kappa shape index (κ2) is 7.49. The smallest absolute Gasteiger partial charge is 0.261 e. The van der Waals surface area contributed by atoms with Crippen molar-refractivity contribution in [2.24, 2.45) is 5.92 Å². The molecule has 5 heteroatoms. The van der Waals surface area contributed by atoms with Gasteiger partial charge in [-0.3, -0.25) is 9.59 Å². The van der Waals surface area contributed by atoms with Gasteiger partial charge in [0.15, 0.2) is 0 Å². The SMILES string of the molecule is CC(C)C(=O)Nc1ccc(CNC(=O)c2cc3ccccc3s2)cc1. The molecule has 1 heterocycles. The van der Waals surface area contributed by atoms with Gasteiger partial charge in [-0.2, -0.15) is 0 Å². The molecule has 1 aromatic heterocycles. The first-order valence-electron chi connectivity index (χ1n) is 8.19. The Kier molecular flexibility index (Phi) is 5.14. The van der Waals surface area contributed by atoms with Crippen LogP contribution in [0.5, 0.6) is 0 Å². The lowest BCUT2D eigenvalue weighted by Gasteiger charge is -2.09. The topological polar surface area (TPSA) is 58.2 Å². The summed E-state index contributed by atoms with van der Waals surface area (Å²) in [5, 5.41) is 6.87. The first-order chi connectivity index (χ1) is 12.0. The Hall–Kier alpha value is -2.66. The number of fused-ring (bicyclic) bond motifs is 1. The zero-order valence-corrected chi connectivity index (χ0v) is 15.0. The molecule has 0 aliphatic carbocycles. The van der Waals surface area contributed by atoms with Crippen LogP contribution < -0.4 is 10.6 Å². The van der Waals surface area contributed by atoms with Crippen LogP contribution >= 0.6 is 11.3 Å². The quantitative estimate of drug-likeness (QED) is 0.714. The van der Waals surface area contributed by atoms with E-state index in [0.717, 1.165) is 21.3 Å². The van der Waals surface area contributed by atoms with Gasteiger partial charge in [0.1, 0.15) is 0 Å². The zero-order chi connectivity index (χ0) is 17.8. The largest absolute Gasteiger partial charge is 0.347 e. The molecule has 3 aromatic rings. The number of hydrogen-bond acceptors (Lipinski definition) is 3. The fourth-order valence-corrected chi connectivity index (χ4v) is 3.33. The van der Waals surface area contributed by atoms with Crippen molar-refractivity contribution < 1.29 is 9.59 Å². The lowest BCUT2D eigenvalue weighted by Crippen LogP contribution is -2.21. The van der Waals surface area contributed by atoms with Crippen LogP contribution in [0.1, 0.15) is 29.1 Å². The van der Waals surface area contributed by atoms with Gasteiger partial charge >= 0.3 is 0 Å². The van der Waals surface area contributed by atoms with E-state index in [1.165, 1.54) is 11.3 Å². The number of nitrogens with one attached hydrogen (secondary N) is 2. The van der Waals surface area contributed by atoms with Crippen molar-refractivity contribution in [3.05, 3.63) is 65.0 Å². The molecule has 0 aliphatic heterocycles. The Bertz CT molecular complexity index is 864. The number of anilines is 1. The molecule has 2 N–H and O–H groups in total. The molecule has 0 aliphatic rings. The summed E-state index contributed by atoms with van der Waals surface area (Å²) in [5.74, 6) is -0.135. The van der Waals surface area contributed by atoms with Gasteiger partial charge < -0.3 is 10.6 Å². The lowest BCUT2D eigenvalue weighted by atomic mass is 10.1. The van der Waals surface area contributed by atoms with Crippen LogP contribution in [-0.4, -0.2) is 11.8 Å². The van der Waals surface area contributed by atoms with Gasteiger partial charge in [0.25, 0.3) is 5.91 Å². The number of rotatable bonds is 5. The summed E-state index contributed by atoms with van der Waals surface area (Å²) in [6.07, 6.45) is 0. The molecule has 128 valence electrons. The summed E-state index contributed by atoms with van der Waals surface area (Å²) >= 11 is 1.49. The van der Waals surface area contributed by atoms with Crippen LogP contribution in [0.3, 0.4) is 0 Å². The molecule has 0 unspecified atom stereocenters. The number of hydrogen-bond donors (Lipinski definition) is 2. The third kappa shape index (κ3) is 4.25. The van der Waals surface area contributed by atoms with E-state index < -0.39 is 0 Å². The average Bonchev–Trinajstić information content (AvgIpc) is 3.05. The van der Waals surface area contributed by atoms with Crippen molar-refractivity contribution in [2.75, 3.05) is 5.32 Å². The van der Waals surface area contributed by atoms with Gasteiger partial charge in [0, 0.05) is 22.8 Å². The van der Waals surface area contributed by atoms with E-state index in [1.807, 2.05) is 68.4 Å². The molecular weight excluding hydrogens is 332 g/mol. The number of thiophene rings is 1. The van der Waals surface area contributed by atoms with Crippen molar-refractivity contribution in [2.45, 2.75) is 20.4 Å². The zero-order valence-electron chi connectivity index (χ0n) is 14.2. The van der Waals surface area contributed by atoms with Crippen LogP contribution in [0.15, 0.2) is 54.6 Å². The monoisotopic (exact) mass is 352 g/mol. The fraction of sp³-hybridized carbons (Fsp3) is 0.200. The highest BCUT2D eigenvalue weighted by Crippen LogP contribution is 2.25. The molecule has 2 amide bonds. The number of amides is 2. The molecule has 0 fully saturated rings. The third-order valence-electron chi connectivity index (χ3n) is 3.85. The van der Waals surface area contributed by atoms with Crippen LogP contribution in [0.2, 0.25) is 0 Å². The predicted octanol–water partition coefficient (Wildman–Crippen LogP) is 4.43. The molecular formula is C20H20N2O2S. The van der Waals surface area contributed by atoms with Gasteiger partial charge in [-0.25, -0.2) is 0 Å². The number of carbonyl (C=O) groups excluding carboxylic acids is 2. The number of benzene rings is 2. The van der Waals surface area contributed by atoms with Gasteiger partial charge in [0.05, 0.1) is 4.88 Å². The summed E-state index contributed by atoms with van der Waals surface area (Å²) < 4.78 is 1.11. The first kappa shape index (κ1) is 17.2. The molecule has 2 aromatic carbocycles.